The van der Waals surface area contributed by atoms with Crippen LogP contribution in [0.3, 0.4) is 0 Å². The Balaban J connectivity index is 2.02. The van der Waals surface area contributed by atoms with Gasteiger partial charge in [0.05, 0.1) is 5.56 Å². The molecule has 1 heterocycles. The highest BCUT2D eigenvalue weighted by Gasteiger charge is 2.21. The number of aryl methyl sites for hydroxylation is 1. The van der Waals surface area contributed by atoms with Gasteiger partial charge < -0.3 is 10.4 Å². The third-order valence-electron chi connectivity index (χ3n) is 3.56. The standard InChI is InChI=1S/C14H19NO3S/c1-2-10-8-11(14(17)18)13(19-10)15-12(16)7-9-5-3-4-6-9/h8-9H,2-7H2,1H3,(H,15,16)(H,17,18). The molecule has 1 aromatic heterocycles. The van der Waals surface area contributed by atoms with E-state index in [-0.39, 0.29) is 11.5 Å². The van der Waals surface area contributed by atoms with Crippen molar-refractivity contribution in [1.29, 1.82) is 0 Å². The van der Waals surface area contributed by atoms with E-state index < -0.39 is 5.97 Å². The van der Waals surface area contributed by atoms with Crippen LogP contribution in [0.4, 0.5) is 5.00 Å². The van der Waals surface area contributed by atoms with Crippen molar-refractivity contribution in [3.8, 4) is 0 Å². The summed E-state index contributed by atoms with van der Waals surface area (Å²) in [6.07, 6.45) is 5.93. The number of amides is 1. The van der Waals surface area contributed by atoms with Crippen LogP contribution in [-0.2, 0) is 11.2 Å². The van der Waals surface area contributed by atoms with Crippen LogP contribution in [0.1, 0.15) is 54.3 Å². The summed E-state index contributed by atoms with van der Waals surface area (Å²) in [4.78, 5) is 24.1. The molecule has 1 fully saturated rings. The molecule has 0 bridgehead atoms. The van der Waals surface area contributed by atoms with Gasteiger partial charge in [-0.3, -0.25) is 4.79 Å². The summed E-state index contributed by atoms with van der Waals surface area (Å²) in [5, 5.41) is 12.4. The lowest BCUT2D eigenvalue weighted by Crippen LogP contribution is -2.15. The summed E-state index contributed by atoms with van der Waals surface area (Å²) in [6, 6.07) is 1.65. The van der Waals surface area contributed by atoms with Gasteiger partial charge in [-0.25, -0.2) is 4.79 Å². The van der Waals surface area contributed by atoms with Crippen molar-refractivity contribution >= 4 is 28.2 Å². The topological polar surface area (TPSA) is 66.4 Å². The number of carbonyl (C=O) groups excluding carboxylic acids is 1. The number of rotatable bonds is 5. The van der Waals surface area contributed by atoms with Crippen LogP contribution in [0.5, 0.6) is 0 Å². The Kier molecular flexibility index (Phi) is 4.58. The van der Waals surface area contributed by atoms with Gasteiger partial charge in [0, 0.05) is 11.3 Å². The molecular formula is C14H19NO3S. The van der Waals surface area contributed by atoms with Gasteiger partial charge in [0.25, 0.3) is 0 Å². The third-order valence-corrected chi connectivity index (χ3v) is 4.76. The molecule has 1 aliphatic rings. The molecule has 0 atom stereocenters. The molecule has 1 aliphatic carbocycles. The highest BCUT2D eigenvalue weighted by Crippen LogP contribution is 2.31. The summed E-state index contributed by atoms with van der Waals surface area (Å²) in [5.41, 5.74) is 0.210. The Bertz CT molecular complexity index is 475. The van der Waals surface area contributed by atoms with Gasteiger partial charge in [0.1, 0.15) is 5.00 Å². The van der Waals surface area contributed by atoms with Gasteiger partial charge >= 0.3 is 5.97 Å². The molecule has 1 saturated carbocycles. The highest BCUT2D eigenvalue weighted by molar-refractivity contribution is 7.16. The molecule has 0 radical (unpaired) electrons. The van der Waals surface area contributed by atoms with Crippen molar-refractivity contribution in [3.63, 3.8) is 0 Å². The smallest absolute Gasteiger partial charge is 0.338 e. The van der Waals surface area contributed by atoms with Gasteiger partial charge in [0.2, 0.25) is 5.91 Å². The van der Waals surface area contributed by atoms with Crippen LogP contribution in [0.2, 0.25) is 0 Å². The Labute approximate surface area is 116 Å². The van der Waals surface area contributed by atoms with Gasteiger partial charge in [-0.2, -0.15) is 0 Å². The number of hydrogen-bond donors (Lipinski definition) is 2. The largest absolute Gasteiger partial charge is 0.478 e. The van der Waals surface area contributed by atoms with Gasteiger partial charge in [-0.05, 0) is 31.2 Å². The summed E-state index contributed by atoms with van der Waals surface area (Å²) in [7, 11) is 0. The van der Waals surface area contributed by atoms with Crippen LogP contribution in [0.25, 0.3) is 0 Å². The molecular weight excluding hydrogens is 262 g/mol. The second kappa shape index (κ2) is 6.19. The SMILES string of the molecule is CCc1cc(C(=O)O)c(NC(=O)CC2CCCC2)s1. The number of thiophene rings is 1. The van der Waals surface area contributed by atoms with E-state index in [0.717, 1.165) is 24.1 Å². The number of hydrogen-bond acceptors (Lipinski definition) is 3. The molecule has 0 saturated heterocycles. The summed E-state index contributed by atoms with van der Waals surface area (Å²) >= 11 is 1.36. The molecule has 4 nitrogen and oxygen atoms in total. The first-order valence-electron chi connectivity index (χ1n) is 6.76. The Morgan fingerprint density at radius 1 is 1.42 bits per heavy atom. The molecule has 0 spiro atoms. The van der Waals surface area contributed by atoms with Crippen LogP contribution < -0.4 is 5.32 Å². The third kappa shape index (κ3) is 3.56. The zero-order valence-electron chi connectivity index (χ0n) is 11.1. The number of carboxylic acids is 1. The van der Waals surface area contributed by atoms with Crippen molar-refractivity contribution < 1.29 is 14.7 Å². The number of anilines is 1. The molecule has 5 heteroatoms. The first-order chi connectivity index (χ1) is 9.10. The molecule has 104 valence electrons. The molecule has 1 aromatic rings. The number of carbonyl (C=O) groups is 2. The Morgan fingerprint density at radius 3 is 2.68 bits per heavy atom. The van der Waals surface area contributed by atoms with E-state index >= 15 is 0 Å². The average molecular weight is 281 g/mol. The molecule has 0 unspecified atom stereocenters. The minimum absolute atomic E-state index is 0.0566. The first-order valence-corrected chi connectivity index (χ1v) is 7.57. The van der Waals surface area contributed by atoms with E-state index in [1.54, 1.807) is 6.07 Å². The molecule has 2 rings (SSSR count). The van der Waals surface area contributed by atoms with Crippen LogP contribution in [0, 0.1) is 5.92 Å². The zero-order chi connectivity index (χ0) is 13.8. The van der Waals surface area contributed by atoms with Crippen molar-refractivity contribution in [2.45, 2.75) is 45.4 Å². The Hall–Kier alpha value is -1.36. The monoisotopic (exact) mass is 281 g/mol. The fourth-order valence-electron chi connectivity index (χ4n) is 2.52. The van der Waals surface area contributed by atoms with Crippen molar-refractivity contribution in [2.24, 2.45) is 5.92 Å². The summed E-state index contributed by atoms with van der Waals surface area (Å²) in [6.45, 7) is 1.97. The van der Waals surface area contributed by atoms with E-state index in [1.807, 2.05) is 6.92 Å². The average Bonchev–Trinajstić information content (AvgIpc) is 2.98. The quantitative estimate of drug-likeness (QED) is 0.867. The van der Waals surface area contributed by atoms with Gasteiger partial charge in [-0.15, -0.1) is 11.3 Å². The van der Waals surface area contributed by atoms with Crippen molar-refractivity contribution in [1.82, 2.24) is 0 Å². The van der Waals surface area contributed by atoms with E-state index in [2.05, 4.69) is 5.32 Å². The maximum Gasteiger partial charge on any atom is 0.338 e. The molecule has 19 heavy (non-hydrogen) atoms. The minimum Gasteiger partial charge on any atom is -0.478 e. The maximum atomic E-state index is 11.9. The van der Waals surface area contributed by atoms with E-state index in [4.69, 9.17) is 5.11 Å². The van der Waals surface area contributed by atoms with Crippen LogP contribution >= 0.6 is 11.3 Å². The number of aromatic carboxylic acids is 1. The van der Waals surface area contributed by atoms with E-state index in [0.29, 0.717) is 17.3 Å². The lowest BCUT2D eigenvalue weighted by atomic mass is 10.0. The van der Waals surface area contributed by atoms with E-state index in [1.165, 1.54) is 24.2 Å². The van der Waals surface area contributed by atoms with Gasteiger partial charge in [0.15, 0.2) is 0 Å². The predicted molar refractivity (Wildman–Crippen MR) is 75.9 cm³/mol. The zero-order valence-corrected chi connectivity index (χ0v) is 11.9. The van der Waals surface area contributed by atoms with Crippen LogP contribution in [-0.4, -0.2) is 17.0 Å². The molecule has 1 amide bonds. The summed E-state index contributed by atoms with van der Waals surface area (Å²) < 4.78 is 0. The second-order valence-corrected chi connectivity index (χ2v) is 6.15. The Morgan fingerprint density at radius 2 is 2.11 bits per heavy atom. The fourth-order valence-corrected chi connectivity index (χ4v) is 3.53. The minimum atomic E-state index is -0.980. The predicted octanol–water partition coefficient (Wildman–Crippen LogP) is 3.53. The van der Waals surface area contributed by atoms with Crippen LogP contribution in [0.15, 0.2) is 6.07 Å². The van der Waals surface area contributed by atoms with Gasteiger partial charge in [-0.1, -0.05) is 19.8 Å². The maximum absolute atomic E-state index is 11.9. The van der Waals surface area contributed by atoms with Crippen molar-refractivity contribution in [2.75, 3.05) is 5.32 Å². The summed E-state index contributed by atoms with van der Waals surface area (Å²) in [5.74, 6) is -0.565. The highest BCUT2D eigenvalue weighted by atomic mass is 32.1. The fraction of sp³-hybridized carbons (Fsp3) is 0.571. The van der Waals surface area contributed by atoms with E-state index in [9.17, 15) is 9.59 Å². The molecule has 0 aromatic carbocycles. The van der Waals surface area contributed by atoms with Crippen molar-refractivity contribution in [3.05, 3.63) is 16.5 Å². The molecule has 0 aliphatic heterocycles. The lowest BCUT2D eigenvalue weighted by Gasteiger charge is -2.08. The number of nitrogens with one attached hydrogen (secondary N) is 1. The second-order valence-electron chi connectivity index (χ2n) is 5.02. The lowest BCUT2D eigenvalue weighted by molar-refractivity contribution is -0.117. The molecule has 2 N–H and O–H groups in total. The normalized spacial score (nSPS) is 15.6. The number of carboxylic acid groups (broad SMARTS) is 1. The first kappa shape index (κ1) is 14.1.